The molecular weight excluding hydrogens is 406 g/mol. The normalized spacial score (nSPS) is 15.8. The molecule has 32 heavy (non-hydrogen) atoms. The molecule has 0 radical (unpaired) electrons. The highest BCUT2D eigenvalue weighted by atomic mass is 16.5. The standard InChI is InChI=1S/C24H29N5O3/c1-15-8-6-9-16(2)23(15)31-14-21(30)29-11-7-10-19(29)22-18(20-12-17(3)27-32-20)13-25-24(26-22)28(4)5/h6,8-9,12-13,19H,7,10-11,14H2,1-5H3/t19-/m1/s1. The predicted molar refractivity (Wildman–Crippen MR) is 122 cm³/mol. The fourth-order valence-electron chi connectivity index (χ4n) is 4.13. The van der Waals surface area contributed by atoms with Crippen LogP contribution in [0.3, 0.4) is 0 Å². The molecule has 1 amide bonds. The Hall–Kier alpha value is -3.42. The molecule has 1 aromatic carbocycles. The summed E-state index contributed by atoms with van der Waals surface area (Å²) in [6.07, 6.45) is 3.47. The van der Waals surface area contributed by atoms with Gasteiger partial charge in [0.05, 0.1) is 23.0 Å². The van der Waals surface area contributed by atoms with Gasteiger partial charge in [0.15, 0.2) is 12.4 Å². The van der Waals surface area contributed by atoms with Crippen LogP contribution in [0.5, 0.6) is 5.75 Å². The molecule has 0 N–H and O–H groups in total. The van der Waals surface area contributed by atoms with Crippen molar-refractivity contribution < 1.29 is 14.1 Å². The Kier molecular flexibility index (Phi) is 6.12. The van der Waals surface area contributed by atoms with Crippen LogP contribution in [0.15, 0.2) is 35.0 Å². The van der Waals surface area contributed by atoms with Gasteiger partial charge in [-0.15, -0.1) is 0 Å². The van der Waals surface area contributed by atoms with Gasteiger partial charge in [-0.25, -0.2) is 9.97 Å². The van der Waals surface area contributed by atoms with Gasteiger partial charge in [0.1, 0.15) is 5.75 Å². The lowest BCUT2D eigenvalue weighted by Crippen LogP contribution is -2.35. The van der Waals surface area contributed by atoms with Crippen molar-refractivity contribution in [3.05, 3.63) is 53.0 Å². The van der Waals surface area contributed by atoms with E-state index in [-0.39, 0.29) is 18.6 Å². The lowest BCUT2D eigenvalue weighted by Gasteiger charge is -2.26. The summed E-state index contributed by atoms with van der Waals surface area (Å²) in [7, 11) is 3.79. The second-order valence-electron chi connectivity index (χ2n) is 8.45. The Morgan fingerprint density at radius 1 is 1.25 bits per heavy atom. The van der Waals surface area contributed by atoms with E-state index in [1.807, 2.05) is 68.9 Å². The maximum absolute atomic E-state index is 13.2. The molecule has 4 rings (SSSR count). The van der Waals surface area contributed by atoms with Gasteiger partial charge in [-0.3, -0.25) is 4.79 Å². The number of carbonyl (C=O) groups excluding carboxylic acids is 1. The molecule has 0 aliphatic carbocycles. The number of aryl methyl sites for hydroxylation is 3. The van der Waals surface area contributed by atoms with Crippen molar-refractivity contribution in [2.24, 2.45) is 0 Å². The number of benzene rings is 1. The van der Waals surface area contributed by atoms with Gasteiger partial charge in [-0.2, -0.15) is 0 Å². The second kappa shape index (κ2) is 8.98. The molecular formula is C24H29N5O3. The van der Waals surface area contributed by atoms with Crippen LogP contribution < -0.4 is 9.64 Å². The zero-order valence-corrected chi connectivity index (χ0v) is 19.3. The minimum Gasteiger partial charge on any atom is -0.483 e. The summed E-state index contributed by atoms with van der Waals surface area (Å²) in [6.45, 7) is 6.50. The first kappa shape index (κ1) is 21.8. The maximum atomic E-state index is 13.2. The van der Waals surface area contributed by atoms with Gasteiger partial charge < -0.3 is 19.1 Å². The zero-order valence-electron chi connectivity index (χ0n) is 19.3. The number of rotatable bonds is 6. The third-order valence-corrected chi connectivity index (χ3v) is 5.74. The molecule has 1 fully saturated rings. The fraction of sp³-hybridized carbons (Fsp3) is 0.417. The van der Waals surface area contributed by atoms with Crippen molar-refractivity contribution in [2.75, 3.05) is 32.1 Å². The van der Waals surface area contributed by atoms with Crippen LogP contribution in [-0.2, 0) is 4.79 Å². The summed E-state index contributed by atoms with van der Waals surface area (Å²) in [4.78, 5) is 26.2. The Balaban J connectivity index is 1.62. The summed E-state index contributed by atoms with van der Waals surface area (Å²) >= 11 is 0. The minimum absolute atomic E-state index is 0.00936. The van der Waals surface area contributed by atoms with E-state index in [0.717, 1.165) is 46.7 Å². The van der Waals surface area contributed by atoms with E-state index in [1.54, 1.807) is 6.20 Å². The summed E-state index contributed by atoms with van der Waals surface area (Å²) in [5.41, 5.74) is 4.36. The Morgan fingerprint density at radius 3 is 2.66 bits per heavy atom. The first-order valence-corrected chi connectivity index (χ1v) is 10.8. The quantitative estimate of drug-likeness (QED) is 0.581. The van der Waals surface area contributed by atoms with E-state index in [9.17, 15) is 4.79 Å². The average molecular weight is 436 g/mol. The summed E-state index contributed by atoms with van der Waals surface area (Å²) < 4.78 is 11.5. The number of ether oxygens (including phenoxy) is 1. The van der Waals surface area contributed by atoms with Crippen molar-refractivity contribution in [1.29, 1.82) is 0 Å². The molecule has 1 aliphatic heterocycles. The van der Waals surface area contributed by atoms with E-state index in [0.29, 0.717) is 18.3 Å². The zero-order chi connectivity index (χ0) is 22.8. The van der Waals surface area contributed by atoms with Gasteiger partial charge in [-0.1, -0.05) is 23.4 Å². The van der Waals surface area contributed by atoms with Crippen molar-refractivity contribution >= 4 is 11.9 Å². The number of hydrogen-bond donors (Lipinski definition) is 0. The second-order valence-corrected chi connectivity index (χ2v) is 8.45. The highest BCUT2D eigenvalue weighted by Crippen LogP contribution is 2.37. The molecule has 8 heteroatoms. The number of anilines is 1. The fourth-order valence-corrected chi connectivity index (χ4v) is 4.13. The number of likely N-dealkylation sites (tertiary alicyclic amines) is 1. The Bertz CT molecular complexity index is 1100. The first-order chi connectivity index (χ1) is 15.3. The Labute approximate surface area is 188 Å². The minimum atomic E-state index is -0.175. The largest absolute Gasteiger partial charge is 0.483 e. The monoisotopic (exact) mass is 435 g/mol. The molecule has 3 heterocycles. The SMILES string of the molecule is Cc1cc(-c2cnc(N(C)C)nc2[C@H]2CCCN2C(=O)COc2c(C)cccc2C)on1. The number of hydrogen-bond acceptors (Lipinski definition) is 7. The van der Waals surface area contributed by atoms with E-state index < -0.39 is 0 Å². The molecule has 8 nitrogen and oxygen atoms in total. The van der Waals surface area contributed by atoms with E-state index in [2.05, 4.69) is 10.1 Å². The highest BCUT2D eigenvalue weighted by molar-refractivity contribution is 5.79. The van der Waals surface area contributed by atoms with Gasteiger partial charge in [0.25, 0.3) is 5.91 Å². The average Bonchev–Trinajstić information content (AvgIpc) is 3.42. The van der Waals surface area contributed by atoms with Crippen LogP contribution in [0.25, 0.3) is 11.3 Å². The molecule has 0 bridgehead atoms. The molecule has 0 saturated carbocycles. The lowest BCUT2D eigenvalue weighted by atomic mass is 10.0. The smallest absolute Gasteiger partial charge is 0.261 e. The Morgan fingerprint density at radius 2 is 2.00 bits per heavy atom. The van der Waals surface area contributed by atoms with Crippen molar-refractivity contribution in [1.82, 2.24) is 20.0 Å². The molecule has 2 aromatic heterocycles. The molecule has 1 aliphatic rings. The topological polar surface area (TPSA) is 84.6 Å². The van der Waals surface area contributed by atoms with Gasteiger partial charge >= 0.3 is 0 Å². The van der Waals surface area contributed by atoms with Crippen molar-refractivity contribution in [2.45, 2.75) is 39.7 Å². The maximum Gasteiger partial charge on any atom is 0.261 e. The first-order valence-electron chi connectivity index (χ1n) is 10.8. The lowest BCUT2D eigenvalue weighted by molar-refractivity contribution is -0.134. The van der Waals surface area contributed by atoms with Gasteiger partial charge in [0, 0.05) is 32.9 Å². The van der Waals surface area contributed by atoms with E-state index in [4.69, 9.17) is 14.2 Å². The van der Waals surface area contributed by atoms with Crippen LogP contribution in [0.2, 0.25) is 0 Å². The highest BCUT2D eigenvalue weighted by Gasteiger charge is 2.34. The third kappa shape index (κ3) is 4.30. The molecule has 0 unspecified atom stereocenters. The summed E-state index contributed by atoms with van der Waals surface area (Å²) in [5.74, 6) is 1.91. The van der Waals surface area contributed by atoms with Crippen LogP contribution in [0.1, 0.15) is 41.4 Å². The predicted octanol–water partition coefficient (Wildman–Crippen LogP) is 3.87. The number of carbonyl (C=O) groups is 1. The van der Waals surface area contributed by atoms with Crippen molar-refractivity contribution in [3.63, 3.8) is 0 Å². The molecule has 1 atom stereocenters. The van der Waals surface area contributed by atoms with Crippen molar-refractivity contribution in [3.8, 4) is 17.1 Å². The summed E-state index contributed by atoms with van der Waals surface area (Å²) in [5, 5.41) is 4.01. The van der Waals surface area contributed by atoms with Crippen LogP contribution >= 0.6 is 0 Å². The molecule has 1 saturated heterocycles. The van der Waals surface area contributed by atoms with Crippen LogP contribution in [-0.4, -0.2) is 53.2 Å². The molecule has 0 spiro atoms. The number of nitrogens with zero attached hydrogens (tertiary/aromatic N) is 5. The number of aromatic nitrogens is 3. The molecule has 168 valence electrons. The van der Waals surface area contributed by atoms with Crippen LogP contribution in [0.4, 0.5) is 5.95 Å². The van der Waals surface area contributed by atoms with E-state index in [1.165, 1.54) is 0 Å². The van der Waals surface area contributed by atoms with Gasteiger partial charge in [-0.05, 0) is 44.7 Å². The third-order valence-electron chi connectivity index (χ3n) is 5.74. The van der Waals surface area contributed by atoms with Crippen LogP contribution in [0, 0.1) is 20.8 Å². The summed E-state index contributed by atoms with van der Waals surface area (Å²) in [6, 6.07) is 7.65. The van der Waals surface area contributed by atoms with E-state index >= 15 is 0 Å². The molecule has 3 aromatic rings. The number of amides is 1. The van der Waals surface area contributed by atoms with Gasteiger partial charge in [0.2, 0.25) is 5.95 Å². The number of para-hydroxylation sites is 1.